The van der Waals surface area contributed by atoms with E-state index in [0.717, 1.165) is 29.5 Å². The summed E-state index contributed by atoms with van der Waals surface area (Å²) in [5, 5.41) is 10.5. The number of ether oxygens (including phenoxy) is 1. The van der Waals surface area contributed by atoms with Crippen LogP contribution in [0.1, 0.15) is 31.9 Å². The number of amides is 1. The maximum atomic E-state index is 13.7. The fourth-order valence-corrected chi connectivity index (χ4v) is 2.82. The zero-order valence-corrected chi connectivity index (χ0v) is 16.0. The van der Waals surface area contributed by atoms with E-state index in [1.807, 2.05) is 19.1 Å². The highest BCUT2D eigenvalue weighted by Crippen LogP contribution is 2.29. The molecule has 3 aromatic rings. The molecule has 0 bridgehead atoms. The van der Waals surface area contributed by atoms with Gasteiger partial charge in [-0.2, -0.15) is 0 Å². The van der Waals surface area contributed by atoms with Gasteiger partial charge in [0.15, 0.2) is 23.4 Å². The van der Waals surface area contributed by atoms with Crippen LogP contribution in [0.3, 0.4) is 0 Å². The minimum Gasteiger partial charge on any atom is -0.478 e. The summed E-state index contributed by atoms with van der Waals surface area (Å²) in [6.45, 7) is 5.64. The van der Waals surface area contributed by atoms with Crippen LogP contribution in [0.5, 0.6) is 5.75 Å². The number of nitrogens with zero attached hydrogens (tertiary/aromatic N) is 2. The lowest BCUT2D eigenvalue weighted by Crippen LogP contribution is -2.30. The summed E-state index contributed by atoms with van der Waals surface area (Å²) >= 11 is 0. The smallest absolute Gasteiger partial charge is 0.266 e. The number of hydrogen-bond acceptors (Lipinski definition) is 5. The minimum absolute atomic E-state index is 0.00701. The Morgan fingerprint density at radius 3 is 2.68 bits per heavy atom. The molecule has 0 saturated heterocycles. The summed E-state index contributed by atoms with van der Waals surface area (Å²) in [7, 11) is 0. The highest BCUT2D eigenvalue weighted by molar-refractivity contribution is 5.96. The monoisotopic (exact) mass is 383 g/mol. The van der Waals surface area contributed by atoms with Crippen molar-refractivity contribution in [3.05, 3.63) is 59.4 Å². The lowest BCUT2D eigenvalue weighted by molar-refractivity contribution is -0.122. The summed E-state index contributed by atoms with van der Waals surface area (Å²) in [6.07, 6.45) is 0.734. The molecule has 0 fully saturated rings. The molecule has 28 heavy (non-hydrogen) atoms. The molecule has 6 nitrogen and oxygen atoms in total. The molecule has 0 spiro atoms. The molecule has 7 heteroatoms. The van der Waals surface area contributed by atoms with E-state index >= 15 is 0 Å². The molecule has 0 radical (unpaired) electrons. The van der Waals surface area contributed by atoms with Gasteiger partial charge in [0.25, 0.3) is 5.91 Å². The van der Waals surface area contributed by atoms with Crippen molar-refractivity contribution in [1.29, 1.82) is 0 Å². The number of anilines is 1. The van der Waals surface area contributed by atoms with Gasteiger partial charge in [0.1, 0.15) is 0 Å². The largest absolute Gasteiger partial charge is 0.478 e. The van der Waals surface area contributed by atoms with Gasteiger partial charge in [-0.3, -0.25) is 4.79 Å². The molecule has 146 valence electrons. The summed E-state index contributed by atoms with van der Waals surface area (Å²) in [6, 6.07) is 12.0. The van der Waals surface area contributed by atoms with Crippen LogP contribution >= 0.6 is 0 Å². The van der Waals surface area contributed by atoms with Crippen molar-refractivity contribution < 1.29 is 18.6 Å². The fraction of sp³-hybridized carbons (Fsp3) is 0.286. The summed E-state index contributed by atoms with van der Waals surface area (Å²) in [5.41, 5.74) is 3.53. The third kappa shape index (κ3) is 4.19. The first-order valence-electron chi connectivity index (χ1n) is 9.20. The molecule has 1 atom stereocenters. The minimum atomic E-state index is -0.936. The maximum absolute atomic E-state index is 13.7. The first kappa shape index (κ1) is 19.5. The van der Waals surface area contributed by atoms with Crippen molar-refractivity contribution in [2.45, 2.75) is 39.7 Å². The Kier molecular flexibility index (Phi) is 6.03. The highest BCUT2D eigenvalue weighted by Gasteiger charge is 2.22. The van der Waals surface area contributed by atoms with E-state index in [1.165, 1.54) is 19.1 Å². The molecular formula is C21H22FN3O3. The molecule has 0 saturated carbocycles. The van der Waals surface area contributed by atoms with Crippen molar-refractivity contribution in [1.82, 2.24) is 10.3 Å². The van der Waals surface area contributed by atoms with Crippen molar-refractivity contribution in [2.75, 3.05) is 5.32 Å². The van der Waals surface area contributed by atoms with Gasteiger partial charge < -0.3 is 10.1 Å². The number of halogens is 1. The number of carbonyl (C=O) groups is 1. The van der Waals surface area contributed by atoms with E-state index in [1.54, 1.807) is 12.1 Å². The molecule has 1 aromatic heterocycles. The zero-order chi connectivity index (χ0) is 20.1. The predicted molar refractivity (Wildman–Crippen MR) is 104 cm³/mol. The van der Waals surface area contributed by atoms with Gasteiger partial charge in [-0.1, -0.05) is 38.1 Å². The second-order valence-corrected chi connectivity index (χ2v) is 6.34. The van der Waals surface area contributed by atoms with Crippen molar-refractivity contribution in [2.24, 2.45) is 0 Å². The molecule has 1 amide bonds. The first-order valence-corrected chi connectivity index (χ1v) is 9.20. The van der Waals surface area contributed by atoms with Crippen LogP contribution in [0.15, 0.2) is 47.1 Å². The van der Waals surface area contributed by atoms with Crippen LogP contribution in [0, 0.1) is 5.82 Å². The van der Waals surface area contributed by atoms with Crippen LogP contribution in [0.4, 0.5) is 10.2 Å². The summed E-state index contributed by atoms with van der Waals surface area (Å²) in [4.78, 5) is 12.5. The molecule has 2 aromatic carbocycles. The van der Waals surface area contributed by atoms with Crippen molar-refractivity contribution >= 4 is 11.7 Å². The summed E-state index contributed by atoms with van der Waals surface area (Å²) in [5.74, 6) is -0.802. The Balaban J connectivity index is 1.81. The Morgan fingerprint density at radius 2 is 1.96 bits per heavy atom. The lowest BCUT2D eigenvalue weighted by Gasteiger charge is -2.14. The third-order valence-corrected chi connectivity index (χ3v) is 4.46. The quantitative estimate of drug-likeness (QED) is 0.654. The SMILES string of the molecule is CCc1ccc(CC)c(-c2nonc2NC(=O)C(C)Oc2ccccc2F)c1. The number of para-hydroxylation sites is 1. The Morgan fingerprint density at radius 1 is 1.18 bits per heavy atom. The summed E-state index contributed by atoms with van der Waals surface area (Å²) < 4.78 is 24.0. The molecular weight excluding hydrogens is 361 g/mol. The topological polar surface area (TPSA) is 77.3 Å². The molecule has 0 aliphatic rings. The lowest BCUT2D eigenvalue weighted by atomic mass is 9.98. The van der Waals surface area contributed by atoms with Crippen LogP contribution in [-0.4, -0.2) is 22.3 Å². The van der Waals surface area contributed by atoms with Gasteiger partial charge in [-0.25, -0.2) is 9.02 Å². The molecule has 3 rings (SSSR count). The zero-order valence-electron chi connectivity index (χ0n) is 16.0. The van der Waals surface area contributed by atoms with E-state index < -0.39 is 17.8 Å². The van der Waals surface area contributed by atoms with Crippen molar-refractivity contribution in [3.8, 4) is 17.0 Å². The maximum Gasteiger partial charge on any atom is 0.266 e. The van der Waals surface area contributed by atoms with Gasteiger partial charge in [0.05, 0.1) is 0 Å². The molecule has 1 unspecified atom stereocenters. The van der Waals surface area contributed by atoms with E-state index in [9.17, 15) is 9.18 Å². The fourth-order valence-electron chi connectivity index (χ4n) is 2.82. The standard InChI is InChI=1S/C21H22FN3O3/c1-4-14-10-11-15(5-2)16(12-14)19-20(25-28-24-19)23-21(26)13(3)27-18-9-7-6-8-17(18)22/h6-13H,4-5H2,1-3H3,(H,23,25,26). The van der Waals surface area contributed by atoms with Crippen LogP contribution in [0.25, 0.3) is 11.3 Å². The Bertz CT molecular complexity index is 971. The van der Waals surface area contributed by atoms with Gasteiger partial charge in [-0.15, -0.1) is 0 Å². The van der Waals surface area contributed by atoms with Crippen LogP contribution in [0.2, 0.25) is 0 Å². The predicted octanol–water partition coefficient (Wildman–Crippen LogP) is 4.41. The normalized spacial score (nSPS) is 11.9. The molecule has 0 aliphatic heterocycles. The molecule has 0 aliphatic carbocycles. The number of benzene rings is 2. The second kappa shape index (κ2) is 8.65. The second-order valence-electron chi connectivity index (χ2n) is 6.34. The number of aromatic nitrogens is 2. The van der Waals surface area contributed by atoms with Gasteiger partial charge in [0, 0.05) is 5.56 Å². The van der Waals surface area contributed by atoms with E-state index in [-0.39, 0.29) is 11.6 Å². The number of rotatable bonds is 7. The molecule has 1 heterocycles. The number of nitrogens with one attached hydrogen (secondary N) is 1. The molecule has 1 N–H and O–H groups in total. The Hall–Kier alpha value is -3.22. The number of carbonyl (C=O) groups excluding carboxylic acids is 1. The van der Waals surface area contributed by atoms with E-state index in [2.05, 4.69) is 28.6 Å². The Labute approximate surface area is 162 Å². The van der Waals surface area contributed by atoms with Gasteiger partial charge in [0.2, 0.25) is 5.82 Å². The van der Waals surface area contributed by atoms with Gasteiger partial charge in [-0.05, 0) is 59.4 Å². The van der Waals surface area contributed by atoms with Crippen molar-refractivity contribution in [3.63, 3.8) is 0 Å². The average molecular weight is 383 g/mol. The number of aryl methyl sites for hydroxylation is 2. The number of hydrogen-bond donors (Lipinski definition) is 1. The third-order valence-electron chi connectivity index (χ3n) is 4.46. The average Bonchev–Trinajstić information content (AvgIpc) is 3.17. The highest BCUT2D eigenvalue weighted by atomic mass is 19.1. The van der Waals surface area contributed by atoms with E-state index in [4.69, 9.17) is 9.37 Å². The van der Waals surface area contributed by atoms with E-state index in [0.29, 0.717) is 5.69 Å². The van der Waals surface area contributed by atoms with Gasteiger partial charge >= 0.3 is 0 Å². The van der Waals surface area contributed by atoms with Crippen LogP contribution in [-0.2, 0) is 17.6 Å². The van der Waals surface area contributed by atoms with Crippen LogP contribution < -0.4 is 10.1 Å². The first-order chi connectivity index (χ1) is 13.5.